The van der Waals surface area contributed by atoms with Gasteiger partial charge in [-0.1, -0.05) is 50.3 Å². The molecule has 2 aromatic rings. The molecule has 3 rings (SSSR count). The first-order valence-electron chi connectivity index (χ1n) is 9.92. The Kier molecular flexibility index (Phi) is 7.61. The van der Waals surface area contributed by atoms with Gasteiger partial charge >= 0.3 is 0 Å². The molecular formula is C21H32ClN5O. The smallest absolute Gasteiger partial charge is 0.273 e. The van der Waals surface area contributed by atoms with Crippen molar-refractivity contribution in [2.45, 2.75) is 58.4 Å². The Morgan fingerprint density at radius 2 is 1.89 bits per heavy atom. The molecule has 1 fully saturated rings. The van der Waals surface area contributed by atoms with Gasteiger partial charge in [-0.3, -0.25) is 4.79 Å². The molecule has 2 heterocycles. The highest BCUT2D eigenvalue weighted by Crippen LogP contribution is 2.24. The minimum atomic E-state index is -0.152. The second kappa shape index (κ2) is 9.52. The fourth-order valence-electron chi connectivity index (χ4n) is 3.63. The van der Waals surface area contributed by atoms with Crippen molar-refractivity contribution in [3.05, 3.63) is 46.8 Å². The predicted octanol–water partition coefficient (Wildman–Crippen LogP) is 3.20. The van der Waals surface area contributed by atoms with Gasteiger partial charge in [-0.2, -0.15) is 0 Å². The number of aromatic nitrogens is 3. The number of amides is 1. The molecule has 2 N–H and O–H groups in total. The van der Waals surface area contributed by atoms with Crippen LogP contribution in [0, 0.1) is 6.92 Å². The van der Waals surface area contributed by atoms with Crippen molar-refractivity contribution in [2.24, 2.45) is 0 Å². The Balaban J connectivity index is 0.00000280. The average molecular weight is 406 g/mol. The molecule has 0 radical (unpaired) electrons. The van der Waals surface area contributed by atoms with Crippen molar-refractivity contribution in [1.82, 2.24) is 25.6 Å². The zero-order valence-electron chi connectivity index (χ0n) is 17.3. The minimum absolute atomic E-state index is 0. The summed E-state index contributed by atoms with van der Waals surface area (Å²) in [6.07, 6.45) is 3.07. The average Bonchev–Trinajstić information content (AvgIpc) is 3.08. The van der Waals surface area contributed by atoms with E-state index in [0.717, 1.165) is 38.0 Å². The third-order valence-electron chi connectivity index (χ3n) is 5.63. The van der Waals surface area contributed by atoms with Crippen LogP contribution in [0.3, 0.4) is 0 Å². The van der Waals surface area contributed by atoms with Crippen LogP contribution in [0.4, 0.5) is 0 Å². The number of carbonyl (C=O) groups is 1. The summed E-state index contributed by atoms with van der Waals surface area (Å²) in [5.41, 5.74) is 3.68. The summed E-state index contributed by atoms with van der Waals surface area (Å²) in [6, 6.07) is 8.96. The van der Waals surface area contributed by atoms with E-state index in [1.807, 2.05) is 11.6 Å². The van der Waals surface area contributed by atoms with E-state index in [4.69, 9.17) is 0 Å². The van der Waals surface area contributed by atoms with E-state index >= 15 is 0 Å². The second-order valence-electron chi connectivity index (χ2n) is 8.07. The summed E-state index contributed by atoms with van der Waals surface area (Å²) in [4.78, 5) is 12.7. The van der Waals surface area contributed by atoms with E-state index in [0.29, 0.717) is 18.3 Å². The molecule has 7 heteroatoms. The lowest BCUT2D eigenvalue weighted by Crippen LogP contribution is -2.37. The van der Waals surface area contributed by atoms with E-state index in [9.17, 15) is 4.79 Å². The number of aryl methyl sites for hydroxylation is 1. The molecule has 6 nitrogen and oxygen atoms in total. The molecule has 1 aromatic heterocycles. The number of hydrogen-bond donors (Lipinski definition) is 2. The van der Waals surface area contributed by atoms with Crippen molar-refractivity contribution in [2.75, 3.05) is 19.6 Å². The van der Waals surface area contributed by atoms with Crippen LogP contribution in [0.2, 0.25) is 0 Å². The molecule has 0 bridgehead atoms. The first-order valence-corrected chi connectivity index (χ1v) is 9.92. The fraction of sp³-hybridized carbons (Fsp3) is 0.571. The first-order chi connectivity index (χ1) is 12.9. The normalized spacial score (nSPS) is 15.1. The maximum absolute atomic E-state index is 12.7. The Morgan fingerprint density at radius 1 is 1.25 bits per heavy atom. The van der Waals surface area contributed by atoms with Gasteiger partial charge in [-0.15, -0.1) is 17.5 Å². The third-order valence-corrected chi connectivity index (χ3v) is 5.63. The molecule has 0 spiro atoms. The highest BCUT2D eigenvalue weighted by Gasteiger charge is 2.25. The second-order valence-corrected chi connectivity index (χ2v) is 8.07. The number of benzene rings is 1. The van der Waals surface area contributed by atoms with Crippen LogP contribution < -0.4 is 10.6 Å². The van der Waals surface area contributed by atoms with Gasteiger partial charge in [-0.25, -0.2) is 4.68 Å². The predicted molar refractivity (Wildman–Crippen MR) is 114 cm³/mol. The molecule has 0 aliphatic carbocycles. The summed E-state index contributed by atoms with van der Waals surface area (Å²) >= 11 is 0. The maximum atomic E-state index is 12.7. The summed E-state index contributed by atoms with van der Waals surface area (Å²) in [5.74, 6) is -0.147. The number of hydrogen-bond acceptors (Lipinski definition) is 4. The van der Waals surface area contributed by atoms with Crippen LogP contribution in [-0.4, -0.2) is 40.5 Å². The van der Waals surface area contributed by atoms with E-state index in [2.05, 4.69) is 66.0 Å². The van der Waals surface area contributed by atoms with E-state index in [-0.39, 0.29) is 23.7 Å². The number of carbonyl (C=O) groups excluding carboxylic acids is 1. The van der Waals surface area contributed by atoms with Gasteiger partial charge in [0.15, 0.2) is 5.69 Å². The van der Waals surface area contributed by atoms with Gasteiger partial charge in [-0.05, 0) is 50.4 Å². The Hall–Kier alpha value is -1.92. The van der Waals surface area contributed by atoms with Crippen LogP contribution in [0.15, 0.2) is 24.3 Å². The van der Waals surface area contributed by atoms with Crippen molar-refractivity contribution < 1.29 is 4.79 Å². The quantitative estimate of drug-likeness (QED) is 0.774. The van der Waals surface area contributed by atoms with Gasteiger partial charge in [0.1, 0.15) is 0 Å². The Labute approximate surface area is 173 Å². The van der Waals surface area contributed by atoms with Gasteiger partial charge in [0.2, 0.25) is 0 Å². The van der Waals surface area contributed by atoms with Gasteiger partial charge in [0, 0.05) is 12.0 Å². The van der Waals surface area contributed by atoms with E-state index in [1.54, 1.807) is 0 Å². The van der Waals surface area contributed by atoms with Crippen LogP contribution in [0.5, 0.6) is 0 Å². The molecule has 1 aromatic carbocycles. The lowest BCUT2D eigenvalue weighted by molar-refractivity contribution is 0.0940. The highest BCUT2D eigenvalue weighted by molar-refractivity contribution is 5.93. The van der Waals surface area contributed by atoms with Crippen molar-refractivity contribution >= 4 is 18.3 Å². The molecular weight excluding hydrogens is 374 g/mol. The molecule has 1 amide bonds. The summed E-state index contributed by atoms with van der Waals surface area (Å²) in [5, 5.41) is 14.8. The van der Waals surface area contributed by atoms with Gasteiger partial charge < -0.3 is 10.6 Å². The van der Waals surface area contributed by atoms with Crippen LogP contribution in [-0.2, 0) is 11.8 Å². The molecule has 0 unspecified atom stereocenters. The SMILES string of the molecule is CCc1ccc(C(C)(C)CNC(=O)c2nnn(C3CCNCC3)c2C)cc1.Cl. The summed E-state index contributed by atoms with van der Waals surface area (Å²) < 4.78 is 1.92. The molecule has 0 saturated carbocycles. The lowest BCUT2D eigenvalue weighted by Gasteiger charge is -2.26. The Morgan fingerprint density at radius 3 is 2.50 bits per heavy atom. The monoisotopic (exact) mass is 405 g/mol. The minimum Gasteiger partial charge on any atom is -0.350 e. The number of rotatable bonds is 6. The zero-order valence-corrected chi connectivity index (χ0v) is 18.1. The third kappa shape index (κ3) is 4.92. The molecule has 28 heavy (non-hydrogen) atoms. The van der Waals surface area contributed by atoms with Gasteiger partial charge in [0.25, 0.3) is 5.91 Å². The fourth-order valence-corrected chi connectivity index (χ4v) is 3.63. The summed E-state index contributed by atoms with van der Waals surface area (Å²) in [7, 11) is 0. The molecule has 1 saturated heterocycles. The molecule has 1 aliphatic rings. The number of piperidine rings is 1. The van der Waals surface area contributed by atoms with Crippen molar-refractivity contribution in [3.8, 4) is 0 Å². The molecule has 154 valence electrons. The number of nitrogens with one attached hydrogen (secondary N) is 2. The first kappa shape index (κ1) is 22.4. The maximum Gasteiger partial charge on any atom is 0.273 e. The van der Waals surface area contributed by atoms with E-state index in [1.165, 1.54) is 11.1 Å². The largest absolute Gasteiger partial charge is 0.350 e. The van der Waals surface area contributed by atoms with Crippen LogP contribution in [0.25, 0.3) is 0 Å². The highest BCUT2D eigenvalue weighted by atomic mass is 35.5. The van der Waals surface area contributed by atoms with E-state index < -0.39 is 0 Å². The number of halogens is 1. The molecule has 1 aliphatic heterocycles. The standard InChI is InChI=1S/C21H31N5O.ClH/c1-5-16-6-8-17(9-7-16)21(3,4)14-23-20(27)19-15(2)26(25-24-19)18-10-12-22-13-11-18;/h6-9,18,22H,5,10-14H2,1-4H3,(H,23,27);1H. The Bertz CT molecular complexity index is 779. The topological polar surface area (TPSA) is 71.8 Å². The summed E-state index contributed by atoms with van der Waals surface area (Å²) in [6.45, 7) is 10.9. The van der Waals surface area contributed by atoms with Crippen molar-refractivity contribution in [1.29, 1.82) is 0 Å². The van der Waals surface area contributed by atoms with Crippen LogP contribution in [0.1, 0.15) is 67.0 Å². The zero-order chi connectivity index (χ0) is 19.4. The van der Waals surface area contributed by atoms with Gasteiger partial charge in [0.05, 0.1) is 11.7 Å². The van der Waals surface area contributed by atoms with Crippen LogP contribution >= 0.6 is 12.4 Å². The lowest BCUT2D eigenvalue weighted by atomic mass is 9.84. The molecule has 0 atom stereocenters. The number of nitrogens with zero attached hydrogens (tertiary/aromatic N) is 3. The van der Waals surface area contributed by atoms with Crippen molar-refractivity contribution in [3.63, 3.8) is 0 Å².